The minimum atomic E-state index is -0.772. The van der Waals surface area contributed by atoms with Crippen LogP contribution in [-0.4, -0.2) is 24.7 Å². The number of ether oxygens (including phenoxy) is 2. The molecule has 4 heteroatoms. The molecule has 0 N–H and O–H groups in total. The normalized spacial score (nSPS) is 13.2. The van der Waals surface area contributed by atoms with Crippen molar-refractivity contribution in [2.24, 2.45) is 0 Å². The van der Waals surface area contributed by atoms with E-state index >= 15 is 0 Å². The van der Waals surface area contributed by atoms with Crippen LogP contribution in [0, 0.1) is 0 Å². The Hall–Kier alpha value is -2.36. The highest BCUT2D eigenvalue weighted by Gasteiger charge is 2.37. The van der Waals surface area contributed by atoms with Crippen LogP contribution in [0.25, 0.3) is 0 Å². The average molecular weight is 299 g/mol. The van der Waals surface area contributed by atoms with Gasteiger partial charge in [-0.2, -0.15) is 0 Å². The maximum absolute atomic E-state index is 12.6. The molecule has 2 aromatic rings. The van der Waals surface area contributed by atoms with Gasteiger partial charge < -0.3 is 9.47 Å². The van der Waals surface area contributed by atoms with Crippen LogP contribution in [-0.2, 0) is 21.4 Å². The molecule has 0 amide bonds. The van der Waals surface area contributed by atoms with Crippen LogP contribution in [0.15, 0.2) is 48.8 Å². The number of aromatic nitrogens is 1. The van der Waals surface area contributed by atoms with Gasteiger partial charge in [0.2, 0.25) is 0 Å². The number of hydrogen-bond donors (Lipinski definition) is 0. The third-order valence-corrected chi connectivity index (χ3v) is 3.74. The van der Waals surface area contributed by atoms with Crippen molar-refractivity contribution in [3.05, 3.63) is 59.9 Å². The molecule has 22 heavy (non-hydrogen) atoms. The zero-order valence-electron chi connectivity index (χ0n) is 13.2. The Labute approximate surface area is 131 Å². The average Bonchev–Trinajstić information content (AvgIpc) is 2.56. The van der Waals surface area contributed by atoms with Gasteiger partial charge in [-0.1, -0.05) is 12.1 Å². The van der Waals surface area contributed by atoms with Gasteiger partial charge in [0.15, 0.2) is 0 Å². The Morgan fingerprint density at radius 1 is 1.23 bits per heavy atom. The van der Waals surface area contributed by atoms with Crippen LogP contribution < -0.4 is 4.74 Å². The third kappa shape index (κ3) is 3.45. The summed E-state index contributed by atoms with van der Waals surface area (Å²) in [6, 6.07) is 11.4. The molecule has 0 aliphatic carbocycles. The third-order valence-electron chi connectivity index (χ3n) is 3.74. The van der Waals surface area contributed by atoms with Crippen molar-refractivity contribution >= 4 is 5.97 Å². The molecular formula is C18H21NO3. The van der Waals surface area contributed by atoms with Crippen LogP contribution >= 0.6 is 0 Å². The molecule has 1 unspecified atom stereocenters. The van der Waals surface area contributed by atoms with Gasteiger partial charge in [-0.15, -0.1) is 0 Å². The van der Waals surface area contributed by atoms with Crippen molar-refractivity contribution < 1.29 is 14.3 Å². The van der Waals surface area contributed by atoms with Crippen LogP contribution in [0.1, 0.15) is 25.0 Å². The molecule has 0 saturated carbocycles. The molecule has 0 aliphatic heterocycles. The molecule has 1 aromatic carbocycles. The van der Waals surface area contributed by atoms with Crippen molar-refractivity contribution in [2.45, 2.75) is 25.7 Å². The second-order valence-corrected chi connectivity index (χ2v) is 5.32. The highest BCUT2D eigenvalue weighted by molar-refractivity contribution is 5.83. The van der Waals surface area contributed by atoms with Gasteiger partial charge >= 0.3 is 5.97 Å². The van der Waals surface area contributed by atoms with Gasteiger partial charge in [0.1, 0.15) is 5.75 Å². The summed E-state index contributed by atoms with van der Waals surface area (Å²) >= 11 is 0. The van der Waals surface area contributed by atoms with E-state index in [9.17, 15) is 4.79 Å². The van der Waals surface area contributed by atoms with Gasteiger partial charge in [-0.25, -0.2) is 0 Å². The molecule has 0 saturated heterocycles. The first-order valence-electron chi connectivity index (χ1n) is 7.31. The lowest BCUT2D eigenvalue weighted by molar-refractivity contribution is -0.149. The molecule has 0 radical (unpaired) electrons. The second-order valence-electron chi connectivity index (χ2n) is 5.32. The van der Waals surface area contributed by atoms with E-state index in [1.54, 1.807) is 19.5 Å². The summed E-state index contributed by atoms with van der Waals surface area (Å²) < 4.78 is 10.6. The largest absolute Gasteiger partial charge is 0.497 e. The Morgan fingerprint density at radius 2 is 1.95 bits per heavy atom. The fraction of sp³-hybridized carbons (Fsp3) is 0.333. The van der Waals surface area contributed by atoms with E-state index in [1.807, 2.05) is 50.2 Å². The van der Waals surface area contributed by atoms with E-state index in [1.165, 1.54) is 0 Å². The maximum atomic E-state index is 12.6. The number of nitrogens with zero attached hydrogens (tertiary/aromatic N) is 1. The second kappa shape index (κ2) is 7.07. The summed E-state index contributed by atoms with van der Waals surface area (Å²) in [5.74, 6) is 0.489. The van der Waals surface area contributed by atoms with Crippen LogP contribution in [0.4, 0.5) is 0 Å². The predicted molar refractivity (Wildman–Crippen MR) is 84.9 cm³/mol. The maximum Gasteiger partial charge on any atom is 0.316 e. The molecular weight excluding hydrogens is 278 g/mol. The number of pyridine rings is 1. The molecule has 0 aliphatic rings. The Balaban J connectivity index is 2.42. The van der Waals surface area contributed by atoms with Crippen LogP contribution in [0.3, 0.4) is 0 Å². The minimum absolute atomic E-state index is 0.236. The van der Waals surface area contributed by atoms with Crippen molar-refractivity contribution in [3.63, 3.8) is 0 Å². The Kier molecular flexibility index (Phi) is 5.15. The number of methoxy groups -OCH3 is 1. The van der Waals surface area contributed by atoms with Crippen molar-refractivity contribution in [1.82, 2.24) is 4.98 Å². The summed E-state index contributed by atoms with van der Waals surface area (Å²) in [6.07, 6.45) is 4.00. The van der Waals surface area contributed by atoms with Crippen LogP contribution in [0.2, 0.25) is 0 Å². The topological polar surface area (TPSA) is 48.4 Å². The molecule has 1 atom stereocenters. The lowest BCUT2D eigenvalue weighted by Crippen LogP contribution is -2.36. The van der Waals surface area contributed by atoms with Crippen LogP contribution in [0.5, 0.6) is 5.75 Å². The summed E-state index contributed by atoms with van der Waals surface area (Å²) in [5.41, 5.74) is 1.14. The lowest BCUT2D eigenvalue weighted by Gasteiger charge is -2.28. The summed E-state index contributed by atoms with van der Waals surface area (Å²) in [5, 5.41) is 0. The predicted octanol–water partition coefficient (Wildman–Crippen LogP) is 3.15. The highest BCUT2D eigenvalue weighted by Crippen LogP contribution is 2.32. The summed E-state index contributed by atoms with van der Waals surface area (Å²) in [6.45, 7) is 4.07. The monoisotopic (exact) mass is 299 g/mol. The SMILES string of the molecule is CCOC(=O)C(C)(Cc1ccncc1)c1cccc(OC)c1. The number of hydrogen-bond acceptors (Lipinski definition) is 4. The molecule has 2 rings (SSSR count). The van der Waals surface area contributed by atoms with E-state index in [0.717, 1.165) is 16.9 Å². The fourth-order valence-corrected chi connectivity index (χ4v) is 2.46. The van der Waals surface area contributed by atoms with Gasteiger partial charge in [-0.3, -0.25) is 9.78 Å². The van der Waals surface area contributed by atoms with Crippen molar-refractivity contribution in [1.29, 1.82) is 0 Å². The highest BCUT2D eigenvalue weighted by atomic mass is 16.5. The molecule has 1 heterocycles. The first-order chi connectivity index (χ1) is 10.6. The number of benzene rings is 1. The molecule has 0 spiro atoms. The van der Waals surface area contributed by atoms with Crippen molar-refractivity contribution in [3.8, 4) is 5.75 Å². The van der Waals surface area contributed by atoms with Gasteiger partial charge in [0.05, 0.1) is 19.1 Å². The zero-order valence-corrected chi connectivity index (χ0v) is 13.2. The molecule has 116 valence electrons. The molecule has 0 bridgehead atoms. The quantitative estimate of drug-likeness (QED) is 0.769. The zero-order chi connectivity index (χ0) is 16.0. The lowest BCUT2D eigenvalue weighted by atomic mass is 9.77. The number of esters is 1. The summed E-state index contributed by atoms with van der Waals surface area (Å²) in [7, 11) is 1.61. The van der Waals surface area contributed by atoms with Gasteiger partial charge in [-0.05, 0) is 55.7 Å². The van der Waals surface area contributed by atoms with E-state index in [0.29, 0.717) is 13.0 Å². The Morgan fingerprint density at radius 3 is 2.59 bits per heavy atom. The minimum Gasteiger partial charge on any atom is -0.497 e. The summed E-state index contributed by atoms with van der Waals surface area (Å²) in [4.78, 5) is 16.6. The van der Waals surface area contributed by atoms with Gasteiger partial charge in [0.25, 0.3) is 0 Å². The van der Waals surface area contributed by atoms with E-state index in [4.69, 9.17) is 9.47 Å². The fourth-order valence-electron chi connectivity index (χ4n) is 2.46. The van der Waals surface area contributed by atoms with Gasteiger partial charge in [0, 0.05) is 12.4 Å². The van der Waals surface area contributed by atoms with E-state index in [-0.39, 0.29) is 5.97 Å². The first kappa shape index (κ1) is 16.0. The first-order valence-corrected chi connectivity index (χ1v) is 7.31. The van der Waals surface area contributed by atoms with E-state index < -0.39 is 5.41 Å². The number of carbonyl (C=O) groups excluding carboxylic acids is 1. The number of rotatable bonds is 6. The van der Waals surface area contributed by atoms with Crippen molar-refractivity contribution in [2.75, 3.05) is 13.7 Å². The standard InChI is InChI=1S/C18H21NO3/c1-4-22-17(20)18(2,13-14-8-10-19-11-9-14)15-6-5-7-16(12-15)21-3/h5-12H,4,13H2,1-3H3. The molecule has 4 nitrogen and oxygen atoms in total. The van der Waals surface area contributed by atoms with E-state index in [2.05, 4.69) is 4.98 Å². The Bertz CT molecular complexity index is 627. The molecule has 1 aromatic heterocycles. The molecule has 0 fully saturated rings. The smallest absolute Gasteiger partial charge is 0.316 e. The number of carbonyl (C=O) groups is 1.